The van der Waals surface area contributed by atoms with Crippen LogP contribution in [0.5, 0.6) is 17.5 Å². The minimum Gasteiger partial charge on any atom is -0.490 e. The van der Waals surface area contributed by atoms with Crippen LogP contribution in [-0.2, 0) is 25.9 Å². The number of nitrogens with zero attached hydrogens (tertiary/aromatic N) is 4. The lowest BCUT2D eigenvalue weighted by Gasteiger charge is -2.26. The molecule has 0 saturated carbocycles. The molecule has 0 bridgehead atoms. The number of halogens is 3. The fourth-order valence-electron chi connectivity index (χ4n) is 5.31. The Labute approximate surface area is 257 Å². The van der Waals surface area contributed by atoms with E-state index in [2.05, 4.69) is 28.1 Å². The summed E-state index contributed by atoms with van der Waals surface area (Å²) in [6.45, 7) is 3.65. The number of hydrogen-bond donors (Lipinski definition) is 0. The van der Waals surface area contributed by atoms with Crippen LogP contribution in [0.25, 0.3) is 5.57 Å². The zero-order valence-electron chi connectivity index (χ0n) is 24.3. The summed E-state index contributed by atoms with van der Waals surface area (Å²) < 4.78 is 57.3. The average molecular weight is 621 g/mol. The molecule has 0 N–H and O–H groups in total. The lowest BCUT2D eigenvalue weighted by atomic mass is 9.99. The molecule has 4 aromatic rings. The van der Waals surface area contributed by atoms with Crippen LogP contribution in [0.15, 0.2) is 85.1 Å². The van der Waals surface area contributed by atoms with Crippen LogP contribution in [0.3, 0.4) is 0 Å². The highest BCUT2D eigenvalue weighted by atomic mass is 19.4. The van der Waals surface area contributed by atoms with Crippen molar-refractivity contribution in [3.8, 4) is 17.5 Å². The molecule has 0 saturated heterocycles. The first-order valence-corrected chi connectivity index (χ1v) is 14.6. The summed E-state index contributed by atoms with van der Waals surface area (Å²) in [7, 11) is 0. The van der Waals surface area contributed by atoms with Crippen molar-refractivity contribution >= 4 is 11.4 Å². The first kappa shape index (κ1) is 30.2. The molecule has 0 fully saturated rings. The molecule has 3 heterocycles. The second-order valence-electron chi connectivity index (χ2n) is 11.0. The number of aromatic nitrogens is 2. The van der Waals surface area contributed by atoms with E-state index in [1.54, 1.807) is 4.57 Å². The molecule has 2 aliphatic rings. The predicted molar refractivity (Wildman–Crippen MR) is 160 cm³/mol. The van der Waals surface area contributed by atoms with E-state index in [0.717, 1.165) is 55.1 Å². The Balaban J connectivity index is 0.940. The molecular weight excluding hydrogens is 589 g/mol. The fraction of sp³-hybridized carbons (Fsp3) is 0.303. The highest BCUT2D eigenvalue weighted by Crippen LogP contribution is 2.30. The van der Waals surface area contributed by atoms with Crippen molar-refractivity contribution in [1.82, 2.24) is 14.5 Å². The maximum Gasteiger partial charge on any atom is 0.416 e. The van der Waals surface area contributed by atoms with Gasteiger partial charge in [-0.3, -0.25) is 9.47 Å². The van der Waals surface area contributed by atoms with Gasteiger partial charge in [-0.05, 0) is 70.0 Å². The summed E-state index contributed by atoms with van der Waals surface area (Å²) in [4.78, 5) is 16.7. The van der Waals surface area contributed by atoms with E-state index in [1.165, 1.54) is 23.9 Å². The largest absolute Gasteiger partial charge is 0.490 e. The summed E-state index contributed by atoms with van der Waals surface area (Å²) >= 11 is 0. The minimum atomic E-state index is -4.35. The van der Waals surface area contributed by atoms with Gasteiger partial charge in [0, 0.05) is 37.6 Å². The molecule has 0 unspecified atom stereocenters. The molecule has 12 heteroatoms. The molecule has 0 amide bonds. The summed E-state index contributed by atoms with van der Waals surface area (Å²) in [5.74, 6) is 1.17. The summed E-state index contributed by atoms with van der Waals surface area (Å²) in [5.41, 5.74) is 3.59. The van der Waals surface area contributed by atoms with Gasteiger partial charge in [0.2, 0.25) is 0 Å². The van der Waals surface area contributed by atoms with E-state index >= 15 is 0 Å². The van der Waals surface area contributed by atoms with Crippen molar-refractivity contribution in [1.29, 1.82) is 0 Å². The number of benzene rings is 3. The molecule has 45 heavy (non-hydrogen) atoms. The Morgan fingerprint density at radius 1 is 0.933 bits per heavy atom. The van der Waals surface area contributed by atoms with Gasteiger partial charge in [0.25, 0.3) is 0 Å². The molecule has 2 aliphatic heterocycles. The maximum atomic E-state index is 12.7. The molecule has 0 spiro atoms. The van der Waals surface area contributed by atoms with E-state index in [1.807, 2.05) is 36.4 Å². The number of alkyl halides is 3. The smallest absolute Gasteiger partial charge is 0.416 e. The first-order valence-electron chi connectivity index (χ1n) is 14.6. The van der Waals surface area contributed by atoms with E-state index in [4.69, 9.17) is 14.2 Å². The fourth-order valence-corrected chi connectivity index (χ4v) is 5.31. The van der Waals surface area contributed by atoms with E-state index in [9.17, 15) is 23.3 Å². The zero-order valence-corrected chi connectivity index (χ0v) is 24.3. The molecule has 234 valence electrons. The topological polar surface area (TPSA) is 91.9 Å². The molecule has 9 nitrogen and oxygen atoms in total. The van der Waals surface area contributed by atoms with Crippen LogP contribution in [0.4, 0.5) is 19.0 Å². The normalized spacial score (nSPS) is 16.8. The predicted octanol–water partition coefficient (Wildman–Crippen LogP) is 6.91. The Morgan fingerprint density at radius 2 is 1.62 bits per heavy atom. The van der Waals surface area contributed by atoms with Gasteiger partial charge in [0.15, 0.2) is 0 Å². The molecule has 0 aliphatic carbocycles. The number of rotatable bonds is 10. The number of nitro groups is 1. The van der Waals surface area contributed by atoms with Crippen LogP contribution < -0.4 is 14.2 Å². The highest BCUT2D eigenvalue weighted by molar-refractivity contribution is 5.67. The number of hydrogen-bond acceptors (Lipinski definition) is 7. The second kappa shape index (κ2) is 13.0. The van der Waals surface area contributed by atoms with Crippen LogP contribution in [-0.4, -0.2) is 45.2 Å². The Hall–Kier alpha value is -4.84. The van der Waals surface area contributed by atoms with Crippen molar-refractivity contribution in [2.24, 2.45) is 0 Å². The van der Waals surface area contributed by atoms with Gasteiger partial charge in [0.05, 0.1) is 5.56 Å². The van der Waals surface area contributed by atoms with Crippen molar-refractivity contribution in [3.05, 3.63) is 117 Å². The third-order valence-electron chi connectivity index (χ3n) is 7.85. The average Bonchev–Trinajstić information content (AvgIpc) is 3.48. The van der Waals surface area contributed by atoms with Gasteiger partial charge < -0.3 is 24.3 Å². The van der Waals surface area contributed by atoms with Crippen LogP contribution >= 0.6 is 0 Å². The molecule has 0 radical (unpaired) electrons. The standard InChI is InChI=1S/C33H31F3N4O5/c34-33(35,36)27-7-1-24(2-8-27)21-43-28-9-3-23(4-10-28)19-38-16-13-26(14-17-38)25-5-11-29(12-6-25)44-22-30-15-18-39-20-31(40(41)42)37-32(39)45-30/h1-13,20,30H,14-19,21-22H2/t30-/m1/s1. The van der Waals surface area contributed by atoms with Gasteiger partial charge in [-0.15, -0.1) is 0 Å². The van der Waals surface area contributed by atoms with Gasteiger partial charge in [-0.2, -0.15) is 13.2 Å². The summed E-state index contributed by atoms with van der Waals surface area (Å²) in [6, 6.07) is 21.0. The first-order chi connectivity index (χ1) is 21.7. The molecular formula is C33H31F3N4O5. The minimum absolute atomic E-state index is 0.195. The molecule has 6 rings (SSSR count). The van der Waals surface area contributed by atoms with E-state index in [-0.39, 0.29) is 24.5 Å². The highest BCUT2D eigenvalue weighted by Gasteiger charge is 2.30. The third kappa shape index (κ3) is 7.63. The SMILES string of the molecule is O=[N+]([O-])c1cn2c(n1)O[C@@H](COc1ccc(C3=CCN(Cc4ccc(OCc5ccc(C(F)(F)F)cc5)cc4)CC3)cc1)CC2. The number of fused-ring (bicyclic) bond motifs is 1. The lowest BCUT2D eigenvalue weighted by molar-refractivity contribution is -0.389. The second-order valence-corrected chi connectivity index (χ2v) is 11.0. The maximum absolute atomic E-state index is 12.7. The number of imidazole rings is 1. The number of ether oxygens (including phenoxy) is 3. The Bertz CT molecular complexity index is 1650. The van der Waals surface area contributed by atoms with Gasteiger partial charge >= 0.3 is 18.0 Å². The van der Waals surface area contributed by atoms with Gasteiger partial charge in [-0.25, -0.2) is 0 Å². The Kier molecular flexibility index (Phi) is 8.74. The van der Waals surface area contributed by atoms with E-state index in [0.29, 0.717) is 30.9 Å². The van der Waals surface area contributed by atoms with Crippen molar-refractivity contribution < 1.29 is 32.3 Å². The van der Waals surface area contributed by atoms with Gasteiger partial charge in [0.1, 0.15) is 37.0 Å². The molecule has 3 aromatic carbocycles. The lowest BCUT2D eigenvalue weighted by Crippen LogP contribution is -2.31. The third-order valence-corrected chi connectivity index (χ3v) is 7.85. The van der Waals surface area contributed by atoms with Crippen molar-refractivity contribution in [3.63, 3.8) is 0 Å². The monoisotopic (exact) mass is 620 g/mol. The Morgan fingerprint density at radius 3 is 2.29 bits per heavy atom. The molecule has 1 atom stereocenters. The van der Waals surface area contributed by atoms with Gasteiger partial charge in [-0.1, -0.05) is 42.5 Å². The van der Waals surface area contributed by atoms with Crippen LogP contribution in [0, 0.1) is 10.1 Å². The molecule has 1 aromatic heterocycles. The van der Waals surface area contributed by atoms with E-state index < -0.39 is 16.7 Å². The van der Waals surface area contributed by atoms with Crippen molar-refractivity contribution in [2.45, 2.75) is 44.8 Å². The van der Waals surface area contributed by atoms with Crippen LogP contribution in [0.1, 0.15) is 35.1 Å². The zero-order chi connectivity index (χ0) is 31.4. The van der Waals surface area contributed by atoms with Crippen LogP contribution in [0.2, 0.25) is 0 Å². The number of aryl methyl sites for hydroxylation is 1. The quantitative estimate of drug-likeness (QED) is 0.141. The summed E-state index contributed by atoms with van der Waals surface area (Å²) in [6.07, 6.45) is 0.646. The van der Waals surface area contributed by atoms with Crippen molar-refractivity contribution in [2.75, 3.05) is 19.7 Å². The summed E-state index contributed by atoms with van der Waals surface area (Å²) in [5, 5.41) is 11.0.